The Hall–Kier alpha value is -2.96. The number of aromatic amines is 1. The Morgan fingerprint density at radius 2 is 1.97 bits per heavy atom. The summed E-state index contributed by atoms with van der Waals surface area (Å²) in [5.74, 6) is 1.28. The van der Waals surface area contributed by atoms with E-state index < -0.39 is 0 Å². The molecule has 1 N–H and O–H groups in total. The number of piperidine rings is 1. The van der Waals surface area contributed by atoms with Gasteiger partial charge in [-0.15, -0.1) is 0 Å². The van der Waals surface area contributed by atoms with Crippen molar-refractivity contribution >= 4 is 16.9 Å². The molecular weight excluding hydrogens is 378 g/mol. The molecule has 2 aromatic heterocycles. The summed E-state index contributed by atoms with van der Waals surface area (Å²) in [5.41, 5.74) is 4.71. The third-order valence-electron chi connectivity index (χ3n) is 6.45. The second kappa shape index (κ2) is 7.70. The van der Waals surface area contributed by atoms with Crippen LogP contribution in [0.25, 0.3) is 11.0 Å². The predicted octanol–water partition coefficient (Wildman–Crippen LogP) is 2.86. The van der Waals surface area contributed by atoms with E-state index in [1.165, 1.54) is 0 Å². The van der Waals surface area contributed by atoms with Crippen molar-refractivity contribution in [1.82, 2.24) is 24.6 Å². The molecule has 0 radical (unpaired) electrons. The van der Waals surface area contributed by atoms with E-state index in [1.54, 1.807) is 10.7 Å². The number of nitrogens with zero attached hydrogens (tertiary/aromatic N) is 4. The Kier molecular flexibility index (Phi) is 4.89. The van der Waals surface area contributed by atoms with Gasteiger partial charge in [0, 0.05) is 31.3 Å². The Morgan fingerprint density at radius 3 is 2.80 bits per heavy atom. The highest BCUT2D eigenvalue weighted by Crippen LogP contribution is 2.22. The molecule has 7 nitrogen and oxygen atoms in total. The lowest BCUT2D eigenvalue weighted by atomic mass is 9.95. The Labute approximate surface area is 175 Å². The molecule has 1 fully saturated rings. The molecule has 1 saturated heterocycles. The highest BCUT2D eigenvalue weighted by atomic mass is 16.2. The van der Waals surface area contributed by atoms with Gasteiger partial charge in [-0.2, -0.15) is 5.10 Å². The Morgan fingerprint density at radius 1 is 1.17 bits per heavy atom. The fourth-order valence-corrected chi connectivity index (χ4v) is 4.75. The van der Waals surface area contributed by atoms with Crippen molar-refractivity contribution in [2.24, 2.45) is 5.92 Å². The number of fused-ring (bicyclic) bond motifs is 2. The van der Waals surface area contributed by atoms with Crippen LogP contribution in [0.2, 0.25) is 0 Å². The van der Waals surface area contributed by atoms with Crippen LogP contribution in [0.4, 0.5) is 0 Å². The predicted molar refractivity (Wildman–Crippen MR) is 115 cm³/mol. The first kappa shape index (κ1) is 19.0. The molecule has 2 aliphatic rings. The molecule has 0 spiro atoms. The van der Waals surface area contributed by atoms with Gasteiger partial charge in [-0.3, -0.25) is 9.59 Å². The van der Waals surface area contributed by atoms with Crippen molar-refractivity contribution in [3.63, 3.8) is 0 Å². The average molecular weight is 406 g/mol. The van der Waals surface area contributed by atoms with Gasteiger partial charge >= 0.3 is 0 Å². The van der Waals surface area contributed by atoms with E-state index in [2.05, 4.69) is 15.1 Å². The maximum atomic E-state index is 13.0. The molecule has 0 atom stereocenters. The highest BCUT2D eigenvalue weighted by molar-refractivity contribution is 5.97. The summed E-state index contributed by atoms with van der Waals surface area (Å²) in [6, 6.07) is 7.43. The molecule has 3 aromatic rings. The first-order valence-electron chi connectivity index (χ1n) is 10.9. The van der Waals surface area contributed by atoms with Crippen LogP contribution in [0.5, 0.6) is 0 Å². The Bertz CT molecular complexity index is 1150. The number of imidazole rings is 1. The van der Waals surface area contributed by atoms with Crippen LogP contribution >= 0.6 is 0 Å². The fourth-order valence-electron chi connectivity index (χ4n) is 4.75. The van der Waals surface area contributed by atoms with E-state index in [1.807, 2.05) is 30.0 Å². The number of rotatable bonds is 3. The van der Waals surface area contributed by atoms with E-state index in [0.717, 1.165) is 66.6 Å². The molecular formula is C23H27N5O2. The highest BCUT2D eigenvalue weighted by Gasteiger charge is 2.25. The Balaban J connectivity index is 1.24. The second-order valence-electron chi connectivity index (χ2n) is 8.63. The smallest absolute Gasteiger partial charge is 0.267 e. The number of aromatic nitrogens is 4. The number of nitrogens with one attached hydrogen (secondary N) is 1. The molecule has 1 aromatic carbocycles. The van der Waals surface area contributed by atoms with E-state index in [9.17, 15) is 9.59 Å². The van der Waals surface area contributed by atoms with Crippen LogP contribution in [0, 0.1) is 12.8 Å². The van der Waals surface area contributed by atoms with Crippen LogP contribution in [-0.4, -0.2) is 43.6 Å². The number of carbonyl (C=O) groups excluding carboxylic acids is 1. The molecule has 30 heavy (non-hydrogen) atoms. The van der Waals surface area contributed by atoms with Crippen LogP contribution < -0.4 is 5.56 Å². The number of amides is 1. The molecule has 0 unspecified atom stereocenters. The summed E-state index contributed by atoms with van der Waals surface area (Å²) in [6.45, 7) is 3.98. The van der Waals surface area contributed by atoms with Gasteiger partial charge in [0.1, 0.15) is 5.82 Å². The van der Waals surface area contributed by atoms with Crippen molar-refractivity contribution in [3.05, 3.63) is 57.3 Å². The first-order valence-corrected chi connectivity index (χ1v) is 10.9. The monoisotopic (exact) mass is 405 g/mol. The van der Waals surface area contributed by atoms with Gasteiger partial charge in [-0.05, 0) is 75.1 Å². The molecule has 0 saturated carbocycles. The lowest BCUT2D eigenvalue weighted by Crippen LogP contribution is -2.40. The molecule has 5 rings (SSSR count). The quantitative estimate of drug-likeness (QED) is 0.726. The molecule has 1 amide bonds. The zero-order chi connectivity index (χ0) is 20.7. The summed E-state index contributed by atoms with van der Waals surface area (Å²) in [5, 5.41) is 4.65. The molecule has 0 bridgehead atoms. The van der Waals surface area contributed by atoms with Crippen molar-refractivity contribution in [1.29, 1.82) is 0 Å². The standard InChI is InChI=1S/C23H27N5O2/c1-15-24-20-7-6-18(12-21(20)25-15)23(30)27-10-8-16(9-11-27)14-28-22(29)13-17-4-2-3-5-19(17)26-28/h6-7,12-13,16H,2-5,8-11,14H2,1H3,(H,24,25). The minimum Gasteiger partial charge on any atom is -0.342 e. The topological polar surface area (TPSA) is 83.9 Å². The molecule has 3 heterocycles. The van der Waals surface area contributed by atoms with Gasteiger partial charge in [0.2, 0.25) is 0 Å². The van der Waals surface area contributed by atoms with Gasteiger partial charge in [0.25, 0.3) is 11.5 Å². The van der Waals surface area contributed by atoms with E-state index in [4.69, 9.17) is 0 Å². The van der Waals surface area contributed by atoms with Gasteiger partial charge in [0.15, 0.2) is 0 Å². The summed E-state index contributed by atoms with van der Waals surface area (Å²) in [4.78, 5) is 34.9. The number of aryl methyl sites for hydroxylation is 3. The third-order valence-corrected chi connectivity index (χ3v) is 6.45. The fraction of sp³-hybridized carbons (Fsp3) is 0.478. The van der Waals surface area contributed by atoms with Crippen molar-refractivity contribution < 1.29 is 4.79 Å². The average Bonchev–Trinajstić information content (AvgIpc) is 3.13. The first-order chi connectivity index (χ1) is 14.6. The minimum atomic E-state index is 0.0114. The molecule has 1 aliphatic heterocycles. The maximum absolute atomic E-state index is 13.0. The zero-order valence-electron chi connectivity index (χ0n) is 17.4. The van der Waals surface area contributed by atoms with Gasteiger partial charge in [-0.1, -0.05) is 0 Å². The van der Waals surface area contributed by atoms with Gasteiger partial charge < -0.3 is 9.88 Å². The second-order valence-corrected chi connectivity index (χ2v) is 8.63. The van der Waals surface area contributed by atoms with Crippen LogP contribution in [0.15, 0.2) is 29.1 Å². The molecule has 156 valence electrons. The SMILES string of the molecule is Cc1nc2ccc(C(=O)N3CCC(Cn4nc5c(cc4=O)CCCC5)CC3)cc2[nH]1. The van der Waals surface area contributed by atoms with Crippen molar-refractivity contribution in [2.45, 2.75) is 52.0 Å². The normalized spacial score (nSPS) is 17.3. The number of hydrogen-bond donors (Lipinski definition) is 1. The summed E-state index contributed by atoms with van der Waals surface area (Å²) >= 11 is 0. The van der Waals surface area contributed by atoms with Crippen LogP contribution in [0.3, 0.4) is 0 Å². The largest absolute Gasteiger partial charge is 0.342 e. The van der Waals surface area contributed by atoms with Gasteiger partial charge in [0.05, 0.1) is 16.7 Å². The van der Waals surface area contributed by atoms with Gasteiger partial charge in [-0.25, -0.2) is 9.67 Å². The number of carbonyl (C=O) groups is 1. The number of hydrogen-bond acceptors (Lipinski definition) is 4. The lowest BCUT2D eigenvalue weighted by Gasteiger charge is -2.32. The van der Waals surface area contributed by atoms with Crippen LogP contribution in [0.1, 0.15) is 53.1 Å². The minimum absolute atomic E-state index is 0.0114. The van der Waals surface area contributed by atoms with Crippen LogP contribution in [-0.2, 0) is 19.4 Å². The third kappa shape index (κ3) is 3.64. The maximum Gasteiger partial charge on any atom is 0.267 e. The lowest BCUT2D eigenvalue weighted by molar-refractivity contribution is 0.0680. The van der Waals surface area contributed by atoms with Crippen molar-refractivity contribution in [3.8, 4) is 0 Å². The summed E-state index contributed by atoms with van der Waals surface area (Å²) in [7, 11) is 0. The summed E-state index contributed by atoms with van der Waals surface area (Å²) in [6.07, 6.45) is 6.04. The van der Waals surface area contributed by atoms with E-state index in [0.29, 0.717) is 31.1 Å². The number of H-pyrrole nitrogens is 1. The van der Waals surface area contributed by atoms with E-state index in [-0.39, 0.29) is 11.5 Å². The molecule has 1 aliphatic carbocycles. The van der Waals surface area contributed by atoms with E-state index >= 15 is 0 Å². The summed E-state index contributed by atoms with van der Waals surface area (Å²) < 4.78 is 1.65. The number of benzene rings is 1. The van der Waals surface area contributed by atoms with Crippen molar-refractivity contribution in [2.75, 3.05) is 13.1 Å². The zero-order valence-corrected chi connectivity index (χ0v) is 17.4. The molecule has 7 heteroatoms. The number of likely N-dealkylation sites (tertiary alicyclic amines) is 1.